The molecule has 1 atom stereocenters. The normalized spacial score (nSPS) is 15.6. The van der Waals surface area contributed by atoms with Crippen LogP contribution in [0.4, 0.5) is 11.4 Å². The second kappa shape index (κ2) is 7.74. The first kappa shape index (κ1) is 16.8. The van der Waals surface area contributed by atoms with Crippen LogP contribution in [-0.2, 0) is 9.63 Å². The quantitative estimate of drug-likeness (QED) is 0.690. The Morgan fingerprint density at radius 3 is 1.93 bits per heavy atom. The lowest BCUT2D eigenvalue weighted by molar-refractivity contribution is -0.114. The maximum Gasteiger partial charge on any atom is 0.288 e. The van der Waals surface area contributed by atoms with Crippen LogP contribution in [-0.4, -0.2) is 11.6 Å². The number of hydrazine groups is 1. The topological polar surface area (TPSA) is 53.9 Å². The third kappa shape index (κ3) is 3.82. The Bertz CT molecular complexity index is 888. The minimum atomic E-state index is -0.277. The van der Waals surface area contributed by atoms with Crippen molar-refractivity contribution in [3.8, 4) is 0 Å². The predicted octanol–water partition coefficient (Wildman–Crippen LogP) is 4.37. The van der Waals surface area contributed by atoms with Gasteiger partial charge >= 0.3 is 0 Å². The SMILES string of the molecule is O=C(NN(c1ccccc1)c1ccccc1)C1=NO[C@H](c2ccccc2)C1. The number of carbonyl (C=O) groups is 1. The van der Waals surface area contributed by atoms with Crippen LogP contribution in [0.5, 0.6) is 0 Å². The third-order valence-corrected chi connectivity index (χ3v) is 4.34. The second-order valence-corrected chi connectivity index (χ2v) is 6.19. The van der Waals surface area contributed by atoms with Crippen molar-refractivity contribution in [2.75, 3.05) is 5.01 Å². The first-order valence-electron chi connectivity index (χ1n) is 8.80. The molecular weight excluding hydrogens is 338 g/mol. The molecule has 1 N–H and O–H groups in total. The van der Waals surface area contributed by atoms with Crippen molar-refractivity contribution in [3.63, 3.8) is 0 Å². The molecule has 5 nitrogen and oxygen atoms in total. The number of oxime groups is 1. The molecule has 0 aromatic heterocycles. The number of anilines is 2. The van der Waals surface area contributed by atoms with Crippen LogP contribution in [0.3, 0.4) is 0 Å². The molecule has 4 rings (SSSR count). The molecule has 3 aromatic rings. The zero-order chi connectivity index (χ0) is 18.5. The van der Waals surface area contributed by atoms with Crippen molar-refractivity contribution in [2.45, 2.75) is 12.5 Å². The molecule has 0 bridgehead atoms. The summed E-state index contributed by atoms with van der Waals surface area (Å²) in [6, 6.07) is 29.1. The van der Waals surface area contributed by atoms with E-state index in [1.807, 2.05) is 91.0 Å². The summed E-state index contributed by atoms with van der Waals surface area (Å²) in [7, 11) is 0. The lowest BCUT2D eigenvalue weighted by Gasteiger charge is -2.25. The average molecular weight is 357 g/mol. The molecule has 1 aliphatic rings. The fraction of sp³-hybridized carbons (Fsp3) is 0.0909. The first-order valence-corrected chi connectivity index (χ1v) is 8.80. The molecule has 5 heteroatoms. The molecule has 0 unspecified atom stereocenters. The Morgan fingerprint density at radius 1 is 0.852 bits per heavy atom. The second-order valence-electron chi connectivity index (χ2n) is 6.19. The van der Waals surface area contributed by atoms with Crippen LogP contribution in [0.25, 0.3) is 0 Å². The van der Waals surface area contributed by atoms with E-state index < -0.39 is 0 Å². The smallest absolute Gasteiger partial charge is 0.288 e. The van der Waals surface area contributed by atoms with Crippen LogP contribution in [0.15, 0.2) is 96.2 Å². The van der Waals surface area contributed by atoms with E-state index in [4.69, 9.17) is 4.84 Å². The number of nitrogens with one attached hydrogen (secondary N) is 1. The van der Waals surface area contributed by atoms with Gasteiger partial charge in [0.2, 0.25) is 0 Å². The van der Waals surface area contributed by atoms with E-state index >= 15 is 0 Å². The van der Waals surface area contributed by atoms with Gasteiger partial charge in [0.15, 0.2) is 11.8 Å². The summed E-state index contributed by atoms with van der Waals surface area (Å²) in [5.74, 6) is -0.277. The van der Waals surface area contributed by atoms with E-state index in [1.54, 1.807) is 5.01 Å². The number of hydrogen-bond donors (Lipinski definition) is 1. The first-order chi connectivity index (χ1) is 13.3. The number of rotatable bonds is 5. The van der Waals surface area contributed by atoms with E-state index in [0.717, 1.165) is 16.9 Å². The predicted molar refractivity (Wildman–Crippen MR) is 105 cm³/mol. The van der Waals surface area contributed by atoms with Crippen molar-refractivity contribution < 1.29 is 9.63 Å². The molecule has 0 fully saturated rings. The van der Waals surface area contributed by atoms with Crippen molar-refractivity contribution in [2.24, 2.45) is 5.16 Å². The molecule has 0 saturated heterocycles. The molecule has 0 aliphatic carbocycles. The number of nitrogens with zero attached hydrogens (tertiary/aromatic N) is 2. The van der Waals surface area contributed by atoms with E-state index in [1.165, 1.54) is 0 Å². The summed E-state index contributed by atoms with van der Waals surface area (Å²) in [5, 5.41) is 5.76. The highest BCUT2D eigenvalue weighted by molar-refractivity contribution is 6.39. The molecule has 27 heavy (non-hydrogen) atoms. The van der Waals surface area contributed by atoms with Gasteiger partial charge in [0.05, 0.1) is 11.4 Å². The standard InChI is InChI=1S/C22H19N3O2/c26-22(20-16-21(27-24-20)17-10-4-1-5-11-17)23-25(18-12-6-2-7-13-18)19-14-8-3-9-15-19/h1-15,21H,16H2,(H,23,26)/t21-/m0/s1. The van der Waals surface area contributed by atoms with Crippen LogP contribution in [0, 0.1) is 0 Å². The number of carbonyl (C=O) groups excluding carboxylic acids is 1. The summed E-state index contributed by atoms with van der Waals surface area (Å²) in [6.07, 6.45) is 0.210. The summed E-state index contributed by atoms with van der Waals surface area (Å²) in [6.45, 7) is 0. The fourth-order valence-corrected chi connectivity index (χ4v) is 2.96. The molecule has 0 radical (unpaired) electrons. The van der Waals surface area contributed by atoms with Gasteiger partial charge in [-0.2, -0.15) is 0 Å². The highest BCUT2D eigenvalue weighted by Gasteiger charge is 2.28. The van der Waals surface area contributed by atoms with Crippen LogP contribution >= 0.6 is 0 Å². The summed E-state index contributed by atoms with van der Waals surface area (Å²) >= 11 is 0. The number of benzene rings is 3. The van der Waals surface area contributed by atoms with Crippen molar-refractivity contribution in [3.05, 3.63) is 96.6 Å². The van der Waals surface area contributed by atoms with Crippen LogP contribution < -0.4 is 10.4 Å². The molecular formula is C22H19N3O2. The van der Waals surface area contributed by atoms with Gasteiger partial charge in [0, 0.05) is 6.42 Å². The van der Waals surface area contributed by atoms with Gasteiger partial charge in [-0.15, -0.1) is 0 Å². The Hall–Kier alpha value is -3.60. The van der Waals surface area contributed by atoms with E-state index in [9.17, 15) is 4.79 Å². The highest BCUT2D eigenvalue weighted by Crippen LogP contribution is 2.28. The Balaban J connectivity index is 1.51. The molecule has 1 heterocycles. The maximum absolute atomic E-state index is 12.8. The highest BCUT2D eigenvalue weighted by atomic mass is 16.6. The van der Waals surface area contributed by atoms with Gasteiger partial charge in [-0.05, 0) is 29.8 Å². The van der Waals surface area contributed by atoms with Crippen molar-refractivity contribution >= 4 is 23.0 Å². The summed E-state index contributed by atoms with van der Waals surface area (Å²) in [5.41, 5.74) is 6.04. The molecule has 3 aromatic carbocycles. The van der Waals surface area contributed by atoms with Crippen LogP contribution in [0.1, 0.15) is 18.1 Å². The minimum Gasteiger partial charge on any atom is -0.387 e. The zero-order valence-corrected chi connectivity index (χ0v) is 14.7. The summed E-state index contributed by atoms with van der Waals surface area (Å²) in [4.78, 5) is 18.3. The lowest BCUT2D eigenvalue weighted by Crippen LogP contribution is -2.42. The Kier molecular flexibility index (Phi) is 4.83. The van der Waals surface area contributed by atoms with Gasteiger partial charge in [0.1, 0.15) is 0 Å². The third-order valence-electron chi connectivity index (χ3n) is 4.34. The van der Waals surface area contributed by atoms with Crippen LogP contribution in [0.2, 0.25) is 0 Å². The van der Waals surface area contributed by atoms with Crippen molar-refractivity contribution in [1.82, 2.24) is 5.43 Å². The van der Waals surface area contributed by atoms with E-state index in [-0.39, 0.29) is 12.0 Å². The molecule has 0 spiro atoms. The average Bonchev–Trinajstić information content (AvgIpc) is 3.24. The fourth-order valence-electron chi connectivity index (χ4n) is 2.96. The molecule has 134 valence electrons. The number of amides is 1. The maximum atomic E-state index is 12.8. The number of para-hydroxylation sites is 2. The zero-order valence-electron chi connectivity index (χ0n) is 14.7. The van der Waals surface area contributed by atoms with E-state index in [0.29, 0.717) is 12.1 Å². The number of hydrogen-bond acceptors (Lipinski definition) is 4. The van der Waals surface area contributed by atoms with Gasteiger partial charge < -0.3 is 4.84 Å². The minimum absolute atomic E-state index is 0.228. The van der Waals surface area contributed by atoms with E-state index in [2.05, 4.69) is 10.6 Å². The Morgan fingerprint density at radius 2 is 1.37 bits per heavy atom. The van der Waals surface area contributed by atoms with Gasteiger partial charge in [0.25, 0.3) is 5.91 Å². The van der Waals surface area contributed by atoms with Gasteiger partial charge in [-0.25, -0.2) is 0 Å². The lowest BCUT2D eigenvalue weighted by atomic mass is 10.0. The Labute approximate surface area is 157 Å². The van der Waals surface area contributed by atoms with Gasteiger partial charge in [-0.3, -0.25) is 15.2 Å². The molecule has 1 aliphatic heterocycles. The molecule has 0 saturated carbocycles. The molecule has 1 amide bonds. The van der Waals surface area contributed by atoms with Gasteiger partial charge in [-0.1, -0.05) is 71.9 Å². The summed E-state index contributed by atoms with van der Waals surface area (Å²) < 4.78 is 0. The van der Waals surface area contributed by atoms with Crippen molar-refractivity contribution in [1.29, 1.82) is 0 Å². The monoisotopic (exact) mass is 357 g/mol. The largest absolute Gasteiger partial charge is 0.387 e.